The Hall–Kier alpha value is -1.45. The van der Waals surface area contributed by atoms with Crippen LogP contribution in [0.25, 0.3) is 10.9 Å². The first-order chi connectivity index (χ1) is 9.40. The molecule has 2 aliphatic rings. The molecule has 3 heterocycles. The van der Waals surface area contributed by atoms with Gasteiger partial charge in [-0.25, -0.2) is 5.32 Å². The highest BCUT2D eigenvalue weighted by molar-refractivity contribution is 5.81. The van der Waals surface area contributed by atoms with Crippen molar-refractivity contribution in [1.82, 2.24) is 15.2 Å². The summed E-state index contributed by atoms with van der Waals surface area (Å²) in [5.41, 5.74) is 2.51. The van der Waals surface area contributed by atoms with Crippen molar-refractivity contribution < 1.29 is 0 Å². The lowest BCUT2D eigenvalue weighted by molar-refractivity contribution is 0.306. The average molecular weight is 252 g/mol. The van der Waals surface area contributed by atoms with Crippen molar-refractivity contribution in [2.24, 2.45) is 11.8 Å². The molecule has 0 N–H and O–H groups in total. The van der Waals surface area contributed by atoms with Gasteiger partial charge in [-0.15, -0.1) is 0 Å². The quantitative estimate of drug-likeness (QED) is 0.817. The highest BCUT2D eigenvalue weighted by Crippen LogP contribution is 2.29. The first-order valence-electron chi connectivity index (χ1n) is 7.08. The lowest BCUT2D eigenvalue weighted by atomic mass is 10.0. The lowest BCUT2D eigenvalue weighted by Crippen LogP contribution is -2.23. The minimum atomic E-state index is 0.813. The summed E-state index contributed by atoms with van der Waals surface area (Å²) in [5.74, 6) is 1.63. The second-order valence-corrected chi connectivity index (χ2v) is 5.79. The number of pyridine rings is 1. The smallest absolute Gasteiger partial charge is 0.0705 e. The zero-order valence-corrected chi connectivity index (χ0v) is 11.0. The first kappa shape index (κ1) is 11.4. The van der Waals surface area contributed by atoms with Crippen molar-refractivity contribution in [2.45, 2.75) is 6.54 Å². The molecule has 97 valence electrons. The van der Waals surface area contributed by atoms with E-state index < -0.39 is 0 Å². The second kappa shape index (κ2) is 4.58. The number of fused-ring (bicyclic) bond motifs is 2. The Labute approximate surface area is 113 Å². The molecular formula is C16H18N3. The van der Waals surface area contributed by atoms with E-state index in [2.05, 4.69) is 45.5 Å². The Kier molecular flexibility index (Phi) is 2.75. The number of nitrogens with zero attached hydrogens (tertiary/aromatic N) is 3. The third-order valence-corrected chi connectivity index (χ3v) is 4.51. The topological polar surface area (TPSA) is 30.2 Å². The summed E-state index contributed by atoms with van der Waals surface area (Å²) in [6.07, 6.45) is 1.93. The molecule has 0 aliphatic carbocycles. The van der Waals surface area contributed by atoms with Crippen LogP contribution in [0.5, 0.6) is 0 Å². The molecule has 1 aromatic heterocycles. The van der Waals surface area contributed by atoms with Gasteiger partial charge in [-0.05, 0) is 29.5 Å². The fourth-order valence-corrected chi connectivity index (χ4v) is 3.52. The standard InChI is InChI=1S/C16H18N3/c1-2-4-16-15(3-1)12(5-6-18-16)9-19-10-13-7-17-8-14(13)11-19/h1-6,13-14H,7-11H2. The zero-order chi connectivity index (χ0) is 12.7. The average Bonchev–Trinajstić information content (AvgIpc) is 3.00. The molecule has 1 aromatic carbocycles. The molecule has 4 rings (SSSR count). The molecule has 0 spiro atoms. The van der Waals surface area contributed by atoms with Gasteiger partial charge in [0.05, 0.1) is 5.52 Å². The molecule has 2 aliphatic heterocycles. The Balaban J connectivity index is 1.59. The molecule has 1 radical (unpaired) electrons. The van der Waals surface area contributed by atoms with Crippen LogP contribution in [0.3, 0.4) is 0 Å². The summed E-state index contributed by atoms with van der Waals surface area (Å²) in [5, 5.41) is 5.82. The van der Waals surface area contributed by atoms with Gasteiger partial charge in [0.1, 0.15) is 0 Å². The van der Waals surface area contributed by atoms with Gasteiger partial charge in [0.2, 0.25) is 0 Å². The van der Waals surface area contributed by atoms with Crippen LogP contribution < -0.4 is 5.32 Å². The minimum Gasteiger partial charge on any atom is -0.298 e. The van der Waals surface area contributed by atoms with Crippen LogP contribution >= 0.6 is 0 Å². The van der Waals surface area contributed by atoms with Gasteiger partial charge in [-0.3, -0.25) is 9.88 Å². The van der Waals surface area contributed by atoms with Crippen LogP contribution in [-0.2, 0) is 6.54 Å². The Bertz CT molecular complexity index is 578. The fourth-order valence-electron chi connectivity index (χ4n) is 3.52. The predicted molar refractivity (Wildman–Crippen MR) is 75.9 cm³/mol. The van der Waals surface area contributed by atoms with Crippen molar-refractivity contribution in [3.05, 3.63) is 42.1 Å². The van der Waals surface area contributed by atoms with Gasteiger partial charge in [0.15, 0.2) is 0 Å². The Morgan fingerprint density at radius 1 is 1.05 bits per heavy atom. The van der Waals surface area contributed by atoms with Gasteiger partial charge >= 0.3 is 0 Å². The zero-order valence-electron chi connectivity index (χ0n) is 11.0. The maximum Gasteiger partial charge on any atom is 0.0705 e. The molecule has 2 aromatic rings. The molecular weight excluding hydrogens is 234 g/mol. The summed E-state index contributed by atoms with van der Waals surface area (Å²) < 4.78 is 0. The van der Waals surface area contributed by atoms with Crippen LogP contribution in [-0.4, -0.2) is 36.1 Å². The van der Waals surface area contributed by atoms with Gasteiger partial charge in [0.25, 0.3) is 0 Å². The second-order valence-electron chi connectivity index (χ2n) is 5.79. The molecule has 2 atom stereocenters. The number of likely N-dealkylation sites (tertiary alicyclic amines) is 1. The number of aromatic nitrogens is 1. The lowest BCUT2D eigenvalue weighted by Gasteiger charge is -2.17. The van der Waals surface area contributed by atoms with Crippen LogP contribution in [0.4, 0.5) is 0 Å². The molecule has 0 amide bonds. The van der Waals surface area contributed by atoms with Gasteiger partial charge in [0, 0.05) is 44.3 Å². The van der Waals surface area contributed by atoms with E-state index in [1.807, 2.05) is 6.20 Å². The Morgan fingerprint density at radius 2 is 1.84 bits per heavy atom. The molecule has 3 nitrogen and oxygen atoms in total. The van der Waals surface area contributed by atoms with Gasteiger partial charge in [-0.2, -0.15) is 0 Å². The predicted octanol–water partition coefficient (Wildman–Crippen LogP) is 1.90. The maximum atomic E-state index is 4.52. The monoisotopic (exact) mass is 252 g/mol. The normalized spacial score (nSPS) is 26.9. The third-order valence-electron chi connectivity index (χ3n) is 4.51. The van der Waals surface area contributed by atoms with E-state index in [0.717, 1.165) is 37.0 Å². The summed E-state index contributed by atoms with van der Waals surface area (Å²) >= 11 is 0. The summed E-state index contributed by atoms with van der Waals surface area (Å²) in [6.45, 7) is 5.64. The molecule has 2 saturated heterocycles. The van der Waals surface area contributed by atoms with Crippen LogP contribution in [0, 0.1) is 11.8 Å². The van der Waals surface area contributed by atoms with E-state index >= 15 is 0 Å². The SMILES string of the molecule is c1ccc2c(CN3CC4C[N]CC4C3)ccnc2c1. The summed E-state index contributed by atoms with van der Waals surface area (Å²) in [4.78, 5) is 7.03. The molecule has 0 saturated carbocycles. The number of hydrogen-bond donors (Lipinski definition) is 0. The highest BCUT2D eigenvalue weighted by atomic mass is 15.2. The van der Waals surface area contributed by atoms with Crippen molar-refractivity contribution >= 4 is 10.9 Å². The minimum absolute atomic E-state index is 0.813. The van der Waals surface area contributed by atoms with Crippen molar-refractivity contribution in [1.29, 1.82) is 0 Å². The van der Waals surface area contributed by atoms with E-state index in [1.165, 1.54) is 24.0 Å². The highest BCUT2D eigenvalue weighted by Gasteiger charge is 2.36. The third kappa shape index (κ3) is 2.03. The Morgan fingerprint density at radius 3 is 2.68 bits per heavy atom. The van der Waals surface area contributed by atoms with Crippen molar-refractivity contribution in [3.63, 3.8) is 0 Å². The van der Waals surface area contributed by atoms with Gasteiger partial charge < -0.3 is 0 Å². The number of benzene rings is 1. The van der Waals surface area contributed by atoms with Crippen LogP contribution in [0.15, 0.2) is 36.5 Å². The van der Waals surface area contributed by atoms with E-state index in [9.17, 15) is 0 Å². The van der Waals surface area contributed by atoms with Crippen LogP contribution in [0.1, 0.15) is 5.56 Å². The molecule has 2 fully saturated rings. The van der Waals surface area contributed by atoms with Crippen molar-refractivity contribution in [2.75, 3.05) is 26.2 Å². The fraction of sp³-hybridized carbons (Fsp3) is 0.438. The molecule has 3 heteroatoms. The largest absolute Gasteiger partial charge is 0.298 e. The first-order valence-corrected chi connectivity index (χ1v) is 7.08. The van der Waals surface area contributed by atoms with Crippen LogP contribution in [0.2, 0.25) is 0 Å². The number of rotatable bonds is 2. The number of para-hydroxylation sites is 1. The van der Waals surface area contributed by atoms with E-state index in [1.54, 1.807) is 0 Å². The molecule has 2 unspecified atom stereocenters. The number of hydrogen-bond acceptors (Lipinski definition) is 2. The van der Waals surface area contributed by atoms with Crippen molar-refractivity contribution in [3.8, 4) is 0 Å². The molecule has 0 bridgehead atoms. The van der Waals surface area contributed by atoms with E-state index in [4.69, 9.17) is 0 Å². The van der Waals surface area contributed by atoms with E-state index in [-0.39, 0.29) is 0 Å². The molecule has 19 heavy (non-hydrogen) atoms. The summed E-state index contributed by atoms with van der Waals surface area (Å²) in [6, 6.07) is 10.6. The maximum absolute atomic E-state index is 4.52. The van der Waals surface area contributed by atoms with Gasteiger partial charge in [-0.1, -0.05) is 18.2 Å². The van der Waals surface area contributed by atoms with E-state index in [0.29, 0.717) is 0 Å². The summed E-state index contributed by atoms with van der Waals surface area (Å²) in [7, 11) is 0.